The van der Waals surface area contributed by atoms with Crippen molar-refractivity contribution in [1.82, 2.24) is 5.32 Å². The minimum absolute atomic E-state index is 0.124. The van der Waals surface area contributed by atoms with Crippen LogP contribution in [0.5, 0.6) is 0 Å². The smallest absolute Gasteiger partial charge is 0.145 e. The first-order valence-electron chi connectivity index (χ1n) is 7.81. The van der Waals surface area contributed by atoms with E-state index in [-0.39, 0.29) is 16.3 Å². The molecule has 1 aliphatic rings. The van der Waals surface area contributed by atoms with Crippen molar-refractivity contribution in [3.05, 3.63) is 34.6 Å². The van der Waals surface area contributed by atoms with Crippen molar-refractivity contribution in [1.29, 1.82) is 0 Å². The molecular weight excluding hydrogens is 273 g/mol. The summed E-state index contributed by atoms with van der Waals surface area (Å²) >= 11 is 6.00. The molecule has 0 aromatic heterocycles. The maximum atomic E-state index is 14.5. The van der Waals surface area contributed by atoms with Gasteiger partial charge in [0.2, 0.25) is 0 Å². The van der Waals surface area contributed by atoms with Crippen molar-refractivity contribution in [2.75, 3.05) is 6.54 Å². The first-order valence-corrected chi connectivity index (χ1v) is 8.18. The average molecular weight is 298 g/mol. The Kier molecular flexibility index (Phi) is 5.45. The van der Waals surface area contributed by atoms with Gasteiger partial charge in [0, 0.05) is 18.0 Å². The Morgan fingerprint density at radius 1 is 1.25 bits per heavy atom. The standard InChI is InChI=1S/C17H25ClFN/c1-3-10-17(11-4-2,12-20-13-8-9-13)14-6-5-7-15(18)16(14)19/h5-7,13,20H,3-4,8-12H2,1-2H3. The van der Waals surface area contributed by atoms with E-state index in [4.69, 9.17) is 11.6 Å². The summed E-state index contributed by atoms with van der Waals surface area (Å²) in [5.74, 6) is -0.228. The molecule has 1 aromatic rings. The molecule has 1 saturated carbocycles. The monoisotopic (exact) mass is 297 g/mol. The summed E-state index contributed by atoms with van der Waals surface area (Å²) in [6.07, 6.45) is 6.62. The van der Waals surface area contributed by atoms with Gasteiger partial charge in [0.05, 0.1) is 5.02 Å². The Morgan fingerprint density at radius 3 is 2.45 bits per heavy atom. The Hall–Kier alpha value is -0.600. The minimum atomic E-state index is -0.228. The quantitative estimate of drug-likeness (QED) is 0.706. The van der Waals surface area contributed by atoms with Crippen LogP contribution < -0.4 is 5.32 Å². The lowest BCUT2D eigenvalue weighted by Crippen LogP contribution is -2.40. The number of halogens is 2. The van der Waals surface area contributed by atoms with E-state index >= 15 is 0 Å². The van der Waals surface area contributed by atoms with E-state index in [1.54, 1.807) is 6.07 Å². The van der Waals surface area contributed by atoms with Crippen LogP contribution >= 0.6 is 11.6 Å². The van der Waals surface area contributed by atoms with Crippen molar-refractivity contribution in [2.45, 2.75) is 63.8 Å². The van der Waals surface area contributed by atoms with Crippen LogP contribution in [0.15, 0.2) is 18.2 Å². The van der Waals surface area contributed by atoms with Gasteiger partial charge in [0.1, 0.15) is 5.82 Å². The van der Waals surface area contributed by atoms with Crippen molar-refractivity contribution in [2.24, 2.45) is 0 Å². The molecule has 0 spiro atoms. The highest BCUT2D eigenvalue weighted by Crippen LogP contribution is 2.38. The van der Waals surface area contributed by atoms with Crippen LogP contribution in [0, 0.1) is 5.82 Å². The molecule has 0 heterocycles. The second kappa shape index (κ2) is 6.91. The van der Waals surface area contributed by atoms with Crippen molar-refractivity contribution in [3.63, 3.8) is 0 Å². The van der Waals surface area contributed by atoms with E-state index in [0.29, 0.717) is 6.04 Å². The molecule has 0 radical (unpaired) electrons. The topological polar surface area (TPSA) is 12.0 Å². The molecule has 20 heavy (non-hydrogen) atoms. The molecule has 1 fully saturated rings. The highest BCUT2D eigenvalue weighted by atomic mass is 35.5. The van der Waals surface area contributed by atoms with E-state index in [0.717, 1.165) is 37.8 Å². The molecule has 0 amide bonds. The van der Waals surface area contributed by atoms with Gasteiger partial charge in [-0.15, -0.1) is 0 Å². The Bertz CT molecular complexity index is 437. The zero-order chi connectivity index (χ0) is 14.6. The minimum Gasteiger partial charge on any atom is -0.313 e. The highest BCUT2D eigenvalue weighted by molar-refractivity contribution is 6.30. The molecule has 2 rings (SSSR count). The van der Waals surface area contributed by atoms with Crippen LogP contribution in [-0.4, -0.2) is 12.6 Å². The third-order valence-electron chi connectivity index (χ3n) is 4.29. The van der Waals surface area contributed by atoms with Gasteiger partial charge in [-0.05, 0) is 37.3 Å². The largest absolute Gasteiger partial charge is 0.313 e. The maximum absolute atomic E-state index is 14.5. The summed E-state index contributed by atoms with van der Waals surface area (Å²) in [4.78, 5) is 0. The van der Waals surface area contributed by atoms with E-state index in [2.05, 4.69) is 19.2 Å². The molecule has 3 heteroatoms. The summed E-state index contributed by atoms with van der Waals surface area (Å²) in [6, 6.07) is 6.07. The van der Waals surface area contributed by atoms with E-state index in [1.165, 1.54) is 12.8 Å². The number of benzene rings is 1. The molecule has 0 aliphatic heterocycles. The molecule has 0 unspecified atom stereocenters. The third-order valence-corrected chi connectivity index (χ3v) is 4.58. The van der Waals surface area contributed by atoms with Crippen LogP contribution in [0.4, 0.5) is 4.39 Å². The van der Waals surface area contributed by atoms with Crippen LogP contribution in [0.1, 0.15) is 57.9 Å². The zero-order valence-electron chi connectivity index (χ0n) is 12.5. The van der Waals surface area contributed by atoms with Gasteiger partial charge in [-0.1, -0.05) is 50.4 Å². The molecule has 0 bridgehead atoms. The normalized spacial score (nSPS) is 15.6. The molecule has 1 N–H and O–H groups in total. The van der Waals surface area contributed by atoms with Gasteiger partial charge in [0.25, 0.3) is 0 Å². The molecule has 0 saturated heterocycles. The van der Waals surface area contributed by atoms with Crippen LogP contribution in [0.3, 0.4) is 0 Å². The predicted octanol–water partition coefficient (Wildman–Crippen LogP) is 5.07. The summed E-state index contributed by atoms with van der Waals surface area (Å²) in [5.41, 5.74) is 0.669. The lowest BCUT2D eigenvalue weighted by atomic mass is 9.73. The summed E-state index contributed by atoms with van der Waals surface area (Å²) in [7, 11) is 0. The van der Waals surface area contributed by atoms with Gasteiger partial charge >= 0.3 is 0 Å². The van der Waals surface area contributed by atoms with Gasteiger partial charge in [-0.2, -0.15) is 0 Å². The van der Waals surface area contributed by atoms with E-state index < -0.39 is 0 Å². The first kappa shape index (κ1) is 15.8. The Labute approximate surface area is 126 Å². The number of nitrogens with one attached hydrogen (secondary N) is 1. The fraction of sp³-hybridized carbons (Fsp3) is 0.647. The van der Waals surface area contributed by atoms with E-state index in [1.807, 2.05) is 12.1 Å². The van der Waals surface area contributed by atoms with Crippen molar-refractivity contribution < 1.29 is 4.39 Å². The molecular formula is C17H25ClFN. The Morgan fingerprint density at radius 2 is 1.90 bits per heavy atom. The van der Waals surface area contributed by atoms with Gasteiger partial charge in [-0.25, -0.2) is 4.39 Å². The van der Waals surface area contributed by atoms with Crippen LogP contribution in [-0.2, 0) is 5.41 Å². The highest BCUT2D eigenvalue weighted by Gasteiger charge is 2.35. The maximum Gasteiger partial charge on any atom is 0.145 e. The first-order chi connectivity index (χ1) is 9.63. The average Bonchev–Trinajstić information content (AvgIpc) is 3.24. The lowest BCUT2D eigenvalue weighted by Gasteiger charge is -2.35. The molecule has 1 aliphatic carbocycles. The molecule has 1 nitrogen and oxygen atoms in total. The lowest BCUT2D eigenvalue weighted by molar-refractivity contribution is 0.322. The SMILES string of the molecule is CCCC(CCC)(CNC1CC1)c1cccc(Cl)c1F. The van der Waals surface area contributed by atoms with Crippen LogP contribution in [0.2, 0.25) is 5.02 Å². The fourth-order valence-corrected chi connectivity index (χ4v) is 3.34. The predicted molar refractivity (Wildman–Crippen MR) is 83.9 cm³/mol. The van der Waals surface area contributed by atoms with Gasteiger partial charge in [-0.3, -0.25) is 0 Å². The zero-order valence-corrected chi connectivity index (χ0v) is 13.3. The van der Waals surface area contributed by atoms with Crippen molar-refractivity contribution in [3.8, 4) is 0 Å². The van der Waals surface area contributed by atoms with Crippen molar-refractivity contribution >= 4 is 11.6 Å². The molecule has 112 valence electrons. The summed E-state index contributed by atoms with van der Waals surface area (Å²) in [6.45, 7) is 5.20. The van der Waals surface area contributed by atoms with E-state index in [9.17, 15) is 4.39 Å². The molecule has 0 atom stereocenters. The van der Waals surface area contributed by atoms with Crippen LogP contribution in [0.25, 0.3) is 0 Å². The Balaban J connectivity index is 2.32. The second-order valence-electron chi connectivity index (χ2n) is 6.04. The second-order valence-corrected chi connectivity index (χ2v) is 6.44. The summed E-state index contributed by atoms with van der Waals surface area (Å²) < 4.78 is 14.5. The summed E-state index contributed by atoms with van der Waals surface area (Å²) in [5, 5.41) is 3.84. The molecule has 1 aromatic carbocycles. The number of hydrogen-bond donors (Lipinski definition) is 1. The third kappa shape index (κ3) is 3.53. The number of hydrogen-bond acceptors (Lipinski definition) is 1. The van der Waals surface area contributed by atoms with Gasteiger partial charge in [0.15, 0.2) is 0 Å². The van der Waals surface area contributed by atoms with Gasteiger partial charge < -0.3 is 5.32 Å². The fourth-order valence-electron chi connectivity index (χ4n) is 3.16. The number of rotatable bonds is 8.